The number of cyclic esters (lactones) is 6. The lowest BCUT2D eigenvalue weighted by molar-refractivity contribution is 0.0425. The fraction of sp³-hybridized carbons (Fsp3) is 0. The van der Waals surface area contributed by atoms with Crippen molar-refractivity contribution in [1.29, 1.82) is 0 Å². The fourth-order valence-electron chi connectivity index (χ4n) is 4.92. The summed E-state index contributed by atoms with van der Waals surface area (Å²) in [4.78, 5) is 72.3. The van der Waals surface area contributed by atoms with Gasteiger partial charge in [-0.1, -0.05) is 18.2 Å². The fourth-order valence-corrected chi connectivity index (χ4v) is 4.92. The minimum atomic E-state index is -0.739. The number of rotatable bonds is 3. The van der Waals surface area contributed by atoms with Crippen LogP contribution in [-0.4, -0.2) is 35.8 Å². The zero-order valence-corrected chi connectivity index (χ0v) is 19.6. The molecule has 0 spiro atoms. The molecule has 0 aliphatic carbocycles. The Morgan fingerprint density at radius 2 is 0.538 bits per heavy atom. The first-order valence-electron chi connectivity index (χ1n) is 11.6. The van der Waals surface area contributed by atoms with Crippen LogP contribution >= 0.6 is 0 Å². The second kappa shape index (κ2) is 7.90. The number of ether oxygens (including phenoxy) is 3. The first-order valence-corrected chi connectivity index (χ1v) is 11.6. The average Bonchev–Trinajstić information content (AvgIpc) is 3.51. The van der Waals surface area contributed by atoms with E-state index in [9.17, 15) is 28.8 Å². The van der Waals surface area contributed by atoms with Crippen molar-refractivity contribution < 1.29 is 43.0 Å². The van der Waals surface area contributed by atoms with Gasteiger partial charge in [0, 0.05) is 0 Å². The highest BCUT2D eigenvalue weighted by atomic mass is 16.6. The molecule has 3 heterocycles. The number of hydrogen-bond acceptors (Lipinski definition) is 9. The maximum Gasteiger partial charge on any atom is 0.346 e. The van der Waals surface area contributed by atoms with Crippen LogP contribution in [0.2, 0.25) is 0 Å². The minimum absolute atomic E-state index is 0.141. The van der Waals surface area contributed by atoms with Crippen molar-refractivity contribution in [3.63, 3.8) is 0 Å². The molecule has 0 fully saturated rings. The summed E-state index contributed by atoms with van der Waals surface area (Å²) in [5.41, 5.74) is 4.70. The van der Waals surface area contributed by atoms with Crippen LogP contribution in [0.5, 0.6) is 0 Å². The van der Waals surface area contributed by atoms with Crippen molar-refractivity contribution in [2.75, 3.05) is 0 Å². The van der Waals surface area contributed by atoms with Crippen LogP contribution in [0.1, 0.15) is 62.1 Å². The molecular weight excluding hydrogens is 504 g/mol. The predicted octanol–water partition coefficient (Wildman–Crippen LogP) is 4.62. The molecule has 0 N–H and O–H groups in total. The van der Waals surface area contributed by atoms with E-state index in [2.05, 4.69) is 0 Å². The van der Waals surface area contributed by atoms with Gasteiger partial charge >= 0.3 is 35.8 Å². The highest BCUT2D eigenvalue weighted by molar-refractivity contribution is 6.17. The van der Waals surface area contributed by atoms with Crippen LogP contribution in [0.25, 0.3) is 33.4 Å². The predicted molar refractivity (Wildman–Crippen MR) is 132 cm³/mol. The zero-order valence-electron chi connectivity index (χ0n) is 19.6. The number of carbonyl (C=O) groups is 6. The van der Waals surface area contributed by atoms with Crippen molar-refractivity contribution in [2.24, 2.45) is 0 Å². The van der Waals surface area contributed by atoms with Gasteiger partial charge in [-0.25, -0.2) is 28.8 Å². The molecule has 0 atom stereocenters. The maximum atomic E-state index is 12.2. The largest absolute Gasteiger partial charge is 0.386 e. The Bertz CT molecular complexity index is 1670. The molecule has 0 amide bonds. The normalized spacial score (nSPS) is 15.1. The van der Waals surface area contributed by atoms with E-state index in [1.807, 2.05) is 18.2 Å². The molecule has 0 saturated heterocycles. The van der Waals surface area contributed by atoms with Crippen molar-refractivity contribution in [3.05, 3.63) is 106 Å². The van der Waals surface area contributed by atoms with Crippen molar-refractivity contribution in [3.8, 4) is 33.4 Å². The van der Waals surface area contributed by atoms with E-state index in [1.165, 1.54) is 18.2 Å². The monoisotopic (exact) mass is 516 g/mol. The van der Waals surface area contributed by atoms with Gasteiger partial charge in [0.05, 0.1) is 33.4 Å². The Hall–Kier alpha value is -5.70. The first-order chi connectivity index (χ1) is 18.8. The van der Waals surface area contributed by atoms with Crippen molar-refractivity contribution in [1.82, 2.24) is 0 Å². The Morgan fingerprint density at radius 3 is 0.821 bits per heavy atom. The van der Waals surface area contributed by atoms with Crippen LogP contribution in [0.3, 0.4) is 0 Å². The molecule has 9 nitrogen and oxygen atoms in total. The highest BCUT2D eigenvalue weighted by Crippen LogP contribution is 2.37. The lowest BCUT2D eigenvalue weighted by Crippen LogP contribution is -1.97. The van der Waals surface area contributed by atoms with Crippen LogP contribution in [-0.2, 0) is 14.2 Å². The molecule has 7 rings (SSSR count). The summed E-state index contributed by atoms with van der Waals surface area (Å²) >= 11 is 0. The third-order valence-corrected chi connectivity index (χ3v) is 6.87. The summed E-state index contributed by atoms with van der Waals surface area (Å²) < 4.78 is 14.1. The third kappa shape index (κ3) is 3.41. The molecule has 0 aromatic heterocycles. The van der Waals surface area contributed by atoms with Crippen LogP contribution in [0, 0.1) is 0 Å². The van der Waals surface area contributed by atoms with Gasteiger partial charge < -0.3 is 14.2 Å². The Balaban J connectivity index is 1.42. The van der Waals surface area contributed by atoms with E-state index in [0.29, 0.717) is 33.4 Å². The topological polar surface area (TPSA) is 130 Å². The molecule has 3 aliphatic heterocycles. The SMILES string of the molecule is O=C1OC(=O)c2cc(-c3cc(-c4ccc5c(c4)C(=O)OC5=O)cc(-c4ccc5c(c4)C(=O)OC5=O)c3)ccc21. The first kappa shape index (κ1) is 22.5. The van der Waals surface area contributed by atoms with Crippen LogP contribution in [0.4, 0.5) is 0 Å². The standard InChI is InChI=1S/C30H12O9/c31-25-19-4-1-13(10-22(19)28(34)37-25)16-7-17(14-2-5-20-23(11-14)29(35)38-26(20)32)9-18(8-16)15-3-6-21-24(12-15)30(36)39-27(21)33/h1-12H. The van der Waals surface area contributed by atoms with Gasteiger partial charge in [-0.2, -0.15) is 0 Å². The second-order valence-corrected chi connectivity index (χ2v) is 9.11. The van der Waals surface area contributed by atoms with E-state index >= 15 is 0 Å². The highest BCUT2D eigenvalue weighted by Gasteiger charge is 2.32. The molecule has 39 heavy (non-hydrogen) atoms. The van der Waals surface area contributed by atoms with Gasteiger partial charge in [0.25, 0.3) is 0 Å². The lowest BCUT2D eigenvalue weighted by Gasteiger charge is -2.12. The van der Waals surface area contributed by atoms with Crippen molar-refractivity contribution in [2.45, 2.75) is 0 Å². The number of hydrogen-bond donors (Lipinski definition) is 0. The molecule has 0 unspecified atom stereocenters. The summed E-state index contributed by atoms with van der Waals surface area (Å²) in [5, 5.41) is 0. The summed E-state index contributed by atoms with van der Waals surface area (Å²) in [6.45, 7) is 0. The molecule has 4 aromatic rings. The average molecular weight is 516 g/mol. The molecule has 0 saturated carbocycles. The van der Waals surface area contributed by atoms with E-state index in [1.54, 1.807) is 36.4 Å². The molecule has 186 valence electrons. The van der Waals surface area contributed by atoms with Gasteiger partial charge in [0.15, 0.2) is 0 Å². The molecule has 4 aromatic carbocycles. The minimum Gasteiger partial charge on any atom is -0.386 e. The molecular formula is C30H12O9. The Morgan fingerprint density at radius 1 is 0.282 bits per heavy atom. The number of carbonyl (C=O) groups excluding carboxylic acids is 6. The second-order valence-electron chi connectivity index (χ2n) is 9.11. The zero-order chi connectivity index (χ0) is 27.0. The van der Waals surface area contributed by atoms with E-state index in [0.717, 1.165) is 0 Å². The van der Waals surface area contributed by atoms with Gasteiger partial charge in [-0.15, -0.1) is 0 Å². The van der Waals surface area contributed by atoms with Crippen molar-refractivity contribution >= 4 is 35.8 Å². The van der Waals surface area contributed by atoms with Crippen LogP contribution in [0.15, 0.2) is 72.8 Å². The summed E-state index contributed by atoms with van der Waals surface area (Å²) in [6.07, 6.45) is 0. The quantitative estimate of drug-likeness (QED) is 0.217. The van der Waals surface area contributed by atoms with E-state index < -0.39 is 35.8 Å². The molecule has 3 aliphatic rings. The van der Waals surface area contributed by atoms with Gasteiger partial charge in [-0.3, -0.25) is 0 Å². The molecule has 0 bridgehead atoms. The van der Waals surface area contributed by atoms with E-state index in [-0.39, 0.29) is 33.4 Å². The number of esters is 6. The lowest BCUT2D eigenvalue weighted by atomic mass is 9.90. The molecule has 9 heteroatoms. The smallest absolute Gasteiger partial charge is 0.346 e. The van der Waals surface area contributed by atoms with Gasteiger partial charge in [0.1, 0.15) is 0 Å². The van der Waals surface area contributed by atoms with E-state index in [4.69, 9.17) is 14.2 Å². The third-order valence-electron chi connectivity index (χ3n) is 6.87. The van der Waals surface area contributed by atoms with Gasteiger partial charge in [-0.05, 0) is 88.0 Å². The van der Waals surface area contributed by atoms with Crippen LogP contribution < -0.4 is 0 Å². The summed E-state index contributed by atoms with van der Waals surface area (Å²) in [5.74, 6) is -4.36. The summed E-state index contributed by atoms with van der Waals surface area (Å²) in [6, 6.07) is 19.7. The maximum absolute atomic E-state index is 12.2. The van der Waals surface area contributed by atoms with Gasteiger partial charge in [0.2, 0.25) is 0 Å². The Labute approximate surface area is 218 Å². The molecule has 0 radical (unpaired) electrons. The number of benzene rings is 4. The number of fused-ring (bicyclic) bond motifs is 3. The Kier molecular flexibility index (Phi) is 4.55. The summed E-state index contributed by atoms with van der Waals surface area (Å²) in [7, 11) is 0.